The van der Waals surface area contributed by atoms with Crippen LogP contribution in [0.4, 0.5) is 0 Å². The van der Waals surface area contributed by atoms with Crippen molar-refractivity contribution in [1.82, 2.24) is 4.90 Å². The van der Waals surface area contributed by atoms with Crippen LogP contribution in [-0.2, 0) is 4.79 Å². The first kappa shape index (κ1) is 11.5. The van der Waals surface area contributed by atoms with Crippen molar-refractivity contribution in [3.63, 3.8) is 0 Å². The summed E-state index contributed by atoms with van der Waals surface area (Å²) in [5, 5.41) is 0.666. The first-order chi connectivity index (χ1) is 7.78. The van der Waals surface area contributed by atoms with E-state index in [1.54, 1.807) is 0 Å². The summed E-state index contributed by atoms with van der Waals surface area (Å²) in [5.74, 6) is 0. The van der Waals surface area contributed by atoms with Gasteiger partial charge in [0, 0.05) is 23.2 Å². The zero-order chi connectivity index (χ0) is 11.4. The third-order valence-electron chi connectivity index (χ3n) is 2.95. The largest absolute Gasteiger partial charge is 0.345 e. The van der Waals surface area contributed by atoms with Gasteiger partial charge in [-0.3, -0.25) is 4.79 Å². The number of rotatable bonds is 3. The average molecular weight is 235 g/mol. The molecule has 16 heavy (non-hydrogen) atoms. The molecular formula is C13H17NOS. The number of aryl methyl sites for hydroxylation is 1. The molecule has 0 aliphatic carbocycles. The van der Waals surface area contributed by atoms with E-state index in [2.05, 4.69) is 31.2 Å². The van der Waals surface area contributed by atoms with E-state index in [1.165, 1.54) is 10.5 Å². The molecule has 1 saturated heterocycles. The van der Waals surface area contributed by atoms with Crippen LogP contribution >= 0.6 is 11.8 Å². The molecule has 1 fully saturated rings. The SMILES string of the molecule is Cc1ccc(SC2CCN(C=O)CC2)cc1. The lowest BCUT2D eigenvalue weighted by Gasteiger charge is -2.28. The summed E-state index contributed by atoms with van der Waals surface area (Å²) >= 11 is 1.94. The second-order valence-electron chi connectivity index (χ2n) is 4.27. The Balaban J connectivity index is 1.86. The van der Waals surface area contributed by atoms with E-state index in [9.17, 15) is 4.79 Å². The zero-order valence-electron chi connectivity index (χ0n) is 9.56. The minimum atomic E-state index is 0.666. The van der Waals surface area contributed by atoms with Crippen molar-refractivity contribution in [3.8, 4) is 0 Å². The van der Waals surface area contributed by atoms with E-state index in [0.717, 1.165) is 32.3 Å². The summed E-state index contributed by atoms with van der Waals surface area (Å²) in [4.78, 5) is 13.8. The summed E-state index contributed by atoms with van der Waals surface area (Å²) in [5.41, 5.74) is 1.31. The minimum absolute atomic E-state index is 0.666. The molecule has 0 spiro atoms. The van der Waals surface area contributed by atoms with Gasteiger partial charge in [0.05, 0.1) is 0 Å². The van der Waals surface area contributed by atoms with Crippen LogP contribution in [0.1, 0.15) is 18.4 Å². The number of piperidine rings is 1. The van der Waals surface area contributed by atoms with Crippen molar-refractivity contribution in [2.75, 3.05) is 13.1 Å². The zero-order valence-corrected chi connectivity index (χ0v) is 10.4. The second-order valence-corrected chi connectivity index (χ2v) is 5.65. The van der Waals surface area contributed by atoms with Gasteiger partial charge in [0.25, 0.3) is 0 Å². The maximum Gasteiger partial charge on any atom is 0.209 e. The van der Waals surface area contributed by atoms with Crippen molar-refractivity contribution in [2.45, 2.75) is 29.9 Å². The third kappa shape index (κ3) is 3.01. The molecule has 0 unspecified atom stereocenters. The van der Waals surface area contributed by atoms with Crippen LogP contribution in [-0.4, -0.2) is 29.6 Å². The van der Waals surface area contributed by atoms with E-state index in [1.807, 2.05) is 16.7 Å². The topological polar surface area (TPSA) is 20.3 Å². The molecule has 0 atom stereocenters. The third-order valence-corrected chi connectivity index (χ3v) is 4.30. The first-order valence-corrected chi connectivity index (χ1v) is 6.58. The fraction of sp³-hybridized carbons (Fsp3) is 0.462. The molecule has 1 aromatic carbocycles. The van der Waals surface area contributed by atoms with Crippen LogP contribution in [0.3, 0.4) is 0 Å². The van der Waals surface area contributed by atoms with Gasteiger partial charge in [0.2, 0.25) is 6.41 Å². The summed E-state index contributed by atoms with van der Waals surface area (Å²) in [7, 11) is 0. The Bertz CT molecular complexity index is 341. The van der Waals surface area contributed by atoms with Crippen LogP contribution in [0.5, 0.6) is 0 Å². The lowest BCUT2D eigenvalue weighted by Crippen LogP contribution is -2.33. The van der Waals surface area contributed by atoms with Gasteiger partial charge in [0.1, 0.15) is 0 Å². The first-order valence-electron chi connectivity index (χ1n) is 5.70. The van der Waals surface area contributed by atoms with Crippen molar-refractivity contribution in [1.29, 1.82) is 0 Å². The van der Waals surface area contributed by atoms with E-state index in [4.69, 9.17) is 0 Å². The van der Waals surface area contributed by atoms with Crippen molar-refractivity contribution < 1.29 is 4.79 Å². The van der Waals surface area contributed by atoms with Gasteiger partial charge in [-0.25, -0.2) is 0 Å². The van der Waals surface area contributed by atoms with Crippen LogP contribution in [0, 0.1) is 6.92 Å². The van der Waals surface area contributed by atoms with E-state index in [0.29, 0.717) is 5.25 Å². The van der Waals surface area contributed by atoms with Gasteiger partial charge in [-0.05, 0) is 31.9 Å². The van der Waals surface area contributed by atoms with Crippen LogP contribution < -0.4 is 0 Å². The average Bonchev–Trinajstić information content (AvgIpc) is 2.33. The Labute approximate surface area is 101 Å². The van der Waals surface area contributed by atoms with Gasteiger partial charge < -0.3 is 4.90 Å². The predicted molar refractivity (Wildman–Crippen MR) is 67.7 cm³/mol. The molecule has 1 heterocycles. The number of likely N-dealkylation sites (tertiary alicyclic amines) is 1. The fourth-order valence-electron chi connectivity index (χ4n) is 1.91. The monoisotopic (exact) mass is 235 g/mol. The molecule has 0 aromatic heterocycles. The predicted octanol–water partition coefficient (Wildman–Crippen LogP) is 2.71. The quantitative estimate of drug-likeness (QED) is 0.751. The summed E-state index contributed by atoms with van der Waals surface area (Å²) in [6.45, 7) is 3.93. The number of benzene rings is 1. The highest BCUT2D eigenvalue weighted by molar-refractivity contribution is 8.00. The van der Waals surface area contributed by atoms with Gasteiger partial charge in [0.15, 0.2) is 0 Å². The number of carbonyl (C=O) groups excluding carboxylic acids is 1. The van der Waals surface area contributed by atoms with Gasteiger partial charge >= 0.3 is 0 Å². The molecule has 1 aromatic rings. The molecule has 0 bridgehead atoms. The number of nitrogens with zero attached hydrogens (tertiary/aromatic N) is 1. The van der Waals surface area contributed by atoms with Gasteiger partial charge in [-0.15, -0.1) is 11.8 Å². The molecule has 0 radical (unpaired) electrons. The minimum Gasteiger partial charge on any atom is -0.345 e. The standard InChI is InChI=1S/C13H17NOS/c1-11-2-4-12(5-3-11)16-13-6-8-14(10-15)9-7-13/h2-5,10,13H,6-9H2,1H3. The van der Waals surface area contributed by atoms with Gasteiger partial charge in [-0.1, -0.05) is 17.7 Å². The second kappa shape index (κ2) is 5.39. The highest BCUT2D eigenvalue weighted by Crippen LogP contribution is 2.30. The Hall–Kier alpha value is -0.960. The molecule has 1 aliphatic heterocycles. The van der Waals surface area contributed by atoms with Crippen molar-refractivity contribution in [2.24, 2.45) is 0 Å². The molecule has 3 heteroatoms. The summed E-state index contributed by atoms with van der Waals surface area (Å²) in [6.07, 6.45) is 3.18. The normalized spacial score (nSPS) is 17.4. The summed E-state index contributed by atoms with van der Waals surface area (Å²) < 4.78 is 0. The van der Waals surface area contributed by atoms with Crippen LogP contribution in [0.25, 0.3) is 0 Å². The van der Waals surface area contributed by atoms with Crippen LogP contribution in [0.2, 0.25) is 0 Å². The molecule has 0 N–H and O–H groups in total. The number of carbonyl (C=O) groups is 1. The number of hydrogen-bond acceptors (Lipinski definition) is 2. The highest BCUT2D eigenvalue weighted by Gasteiger charge is 2.18. The molecule has 86 valence electrons. The van der Waals surface area contributed by atoms with Crippen molar-refractivity contribution in [3.05, 3.63) is 29.8 Å². The molecule has 0 saturated carbocycles. The number of thioether (sulfide) groups is 1. The maximum atomic E-state index is 10.6. The molecular weight excluding hydrogens is 218 g/mol. The summed E-state index contributed by atoms with van der Waals surface area (Å²) in [6, 6.07) is 8.68. The Morgan fingerprint density at radius 1 is 1.25 bits per heavy atom. The van der Waals surface area contributed by atoms with Crippen LogP contribution in [0.15, 0.2) is 29.2 Å². The highest BCUT2D eigenvalue weighted by atomic mass is 32.2. The van der Waals surface area contributed by atoms with E-state index in [-0.39, 0.29) is 0 Å². The van der Waals surface area contributed by atoms with E-state index < -0.39 is 0 Å². The fourth-order valence-corrected chi connectivity index (χ4v) is 3.03. The molecule has 1 amide bonds. The molecule has 2 nitrogen and oxygen atoms in total. The number of hydrogen-bond donors (Lipinski definition) is 0. The van der Waals surface area contributed by atoms with Crippen molar-refractivity contribution >= 4 is 18.2 Å². The van der Waals surface area contributed by atoms with E-state index >= 15 is 0 Å². The lowest BCUT2D eigenvalue weighted by atomic mass is 10.1. The lowest BCUT2D eigenvalue weighted by molar-refractivity contribution is -0.118. The van der Waals surface area contributed by atoms with Gasteiger partial charge in [-0.2, -0.15) is 0 Å². The molecule has 2 rings (SSSR count). The maximum absolute atomic E-state index is 10.6. The Morgan fingerprint density at radius 2 is 1.88 bits per heavy atom. The number of amides is 1. The Morgan fingerprint density at radius 3 is 2.44 bits per heavy atom. The smallest absolute Gasteiger partial charge is 0.209 e. The molecule has 1 aliphatic rings. The Kier molecular flexibility index (Phi) is 3.88.